The number of hydrogen-bond donors (Lipinski definition) is 4. The number of nitrogens with zero attached hydrogens (tertiary/aromatic N) is 2. The van der Waals surface area contributed by atoms with Crippen LogP contribution in [0.2, 0.25) is 0 Å². The molecule has 3 heterocycles. The molecule has 1 saturated heterocycles. The van der Waals surface area contributed by atoms with E-state index in [9.17, 15) is 29.1 Å². The molecule has 14 nitrogen and oxygen atoms in total. The number of oxime groups is 1. The lowest BCUT2D eigenvalue weighted by molar-refractivity contribution is -0.150. The first-order chi connectivity index (χ1) is 16.6. The minimum atomic E-state index is -1.36. The van der Waals surface area contributed by atoms with Crippen LogP contribution in [0.5, 0.6) is 0 Å². The third-order valence-electron chi connectivity index (χ3n) is 4.88. The number of carboxylic acids is 1. The van der Waals surface area contributed by atoms with E-state index in [4.69, 9.17) is 19.2 Å². The molecular weight excluding hydrogens is 488 g/mol. The van der Waals surface area contributed by atoms with Crippen LogP contribution in [0.25, 0.3) is 0 Å². The van der Waals surface area contributed by atoms with Crippen molar-refractivity contribution in [2.24, 2.45) is 5.16 Å². The molecule has 0 bridgehead atoms. The second kappa shape index (κ2) is 11.1. The zero-order valence-electron chi connectivity index (χ0n) is 18.5. The highest BCUT2D eigenvalue weighted by atomic mass is 32.2. The lowest BCUT2D eigenvalue weighted by Crippen LogP contribution is -2.71. The molecule has 1 aromatic heterocycles. The molecule has 3 atom stereocenters. The van der Waals surface area contributed by atoms with Gasteiger partial charge in [0.15, 0.2) is 5.76 Å². The van der Waals surface area contributed by atoms with Crippen molar-refractivity contribution in [3.63, 3.8) is 0 Å². The lowest BCUT2D eigenvalue weighted by atomic mass is 10.0. The van der Waals surface area contributed by atoms with E-state index in [0.29, 0.717) is 0 Å². The highest BCUT2D eigenvalue weighted by Crippen LogP contribution is 2.40. The summed E-state index contributed by atoms with van der Waals surface area (Å²) in [5.41, 5.74) is 1.11. The Morgan fingerprint density at radius 1 is 1.37 bits per heavy atom. The molecular formula is C20H22N4O10S. The van der Waals surface area contributed by atoms with Gasteiger partial charge < -0.3 is 24.4 Å². The number of hydroxylamine groups is 1. The number of thioether (sulfide) groups is 1. The van der Waals surface area contributed by atoms with Crippen LogP contribution < -0.4 is 10.8 Å². The first kappa shape index (κ1) is 25.8. The van der Waals surface area contributed by atoms with Crippen molar-refractivity contribution in [1.29, 1.82) is 0 Å². The molecule has 1 fully saturated rings. The zero-order chi connectivity index (χ0) is 25.7. The van der Waals surface area contributed by atoms with Crippen LogP contribution in [-0.4, -0.2) is 80.5 Å². The van der Waals surface area contributed by atoms with Gasteiger partial charge in [0.1, 0.15) is 29.8 Å². The first-order valence-electron chi connectivity index (χ1n) is 10.2. The molecule has 0 saturated carbocycles. The van der Waals surface area contributed by atoms with Crippen molar-refractivity contribution in [2.75, 3.05) is 12.4 Å². The molecule has 0 aliphatic carbocycles. The van der Waals surface area contributed by atoms with Crippen LogP contribution in [0.1, 0.15) is 26.0 Å². The molecule has 2 aliphatic heterocycles. The zero-order valence-corrected chi connectivity index (χ0v) is 19.4. The fourth-order valence-electron chi connectivity index (χ4n) is 3.29. The molecule has 0 radical (unpaired) electrons. The highest BCUT2D eigenvalue weighted by molar-refractivity contribution is 8.00. The van der Waals surface area contributed by atoms with Gasteiger partial charge in [-0.15, -0.1) is 11.8 Å². The van der Waals surface area contributed by atoms with Gasteiger partial charge in [-0.2, -0.15) is 0 Å². The molecule has 1 aromatic rings. The number of carboxylic acid groups (broad SMARTS) is 1. The molecule has 188 valence electrons. The maximum Gasteiger partial charge on any atom is 0.352 e. The predicted molar refractivity (Wildman–Crippen MR) is 117 cm³/mol. The second-order valence-electron chi connectivity index (χ2n) is 7.47. The molecule has 3 amide bonds. The number of carbonyl (C=O) groups excluding carboxylic acids is 4. The fraction of sp³-hybridized carbons (Fsp3) is 0.400. The van der Waals surface area contributed by atoms with E-state index < -0.39 is 47.2 Å². The van der Waals surface area contributed by atoms with Gasteiger partial charge in [0.2, 0.25) is 11.6 Å². The summed E-state index contributed by atoms with van der Waals surface area (Å²) >= 11 is 1.20. The minimum Gasteiger partial charge on any atom is -0.477 e. The van der Waals surface area contributed by atoms with Crippen LogP contribution in [0.4, 0.5) is 0 Å². The summed E-state index contributed by atoms with van der Waals surface area (Å²) in [6.07, 6.45) is 0.234. The molecule has 15 heteroatoms. The summed E-state index contributed by atoms with van der Waals surface area (Å²) in [4.78, 5) is 66.1. The Bertz CT molecular complexity index is 1080. The van der Waals surface area contributed by atoms with Crippen molar-refractivity contribution in [1.82, 2.24) is 15.7 Å². The van der Waals surface area contributed by atoms with E-state index in [1.165, 1.54) is 49.5 Å². The Morgan fingerprint density at radius 2 is 2.11 bits per heavy atom. The van der Waals surface area contributed by atoms with Gasteiger partial charge >= 0.3 is 11.9 Å². The van der Waals surface area contributed by atoms with Gasteiger partial charge in [0, 0.05) is 18.2 Å². The average molecular weight is 510 g/mol. The monoisotopic (exact) mass is 510 g/mol. The number of esters is 1. The van der Waals surface area contributed by atoms with Gasteiger partial charge in [-0.25, -0.2) is 10.3 Å². The number of fused-ring (bicyclic) bond motifs is 1. The van der Waals surface area contributed by atoms with Crippen molar-refractivity contribution in [3.8, 4) is 0 Å². The molecule has 3 rings (SSSR count). The van der Waals surface area contributed by atoms with Crippen molar-refractivity contribution >= 4 is 47.1 Å². The predicted octanol–water partition coefficient (Wildman–Crippen LogP) is -0.414. The van der Waals surface area contributed by atoms with Crippen LogP contribution in [0.15, 0.2) is 39.2 Å². The SMILES string of the molecule is CC(=O)OCC1=C(C(=O)O)N2C(=O)[C@@H](NC(=O)C(=NOC(C)CC(=O)NO)c3ccco3)[C@H]2SC1. The Kier molecular flexibility index (Phi) is 8.14. The van der Waals surface area contributed by atoms with E-state index in [1.807, 2.05) is 0 Å². The third-order valence-corrected chi connectivity index (χ3v) is 6.22. The van der Waals surface area contributed by atoms with Crippen LogP contribution >= 0.6 is 11.8 Å². The minimum absolute atomic E-state index is 0.0241. The Balaban J connectivity index is 1.74. The lowest BCUT2D eigenvalue weighted by Gasteiger charge is -2.49. The number of nitrogens with one attached hydrogen (secondary N) is 2. The van der Waals surface area contributed by atoms with Gasteiger partial charge in [-0.3, -0.25) is 29.3 Å². The average Bonchev–Trinajstić information content (AvgIpc) is 3.34. The fourth-order valence-corrected chi connectivity index (χ4v) is 4.62. The van der Waals surface area contributed by atoms with Gasteiger partial charge in [0.25, 0.3) is 11.8 Å². The largest absolute Gasteiger partial charge is 0.477 e. The number of rotatable bonds is 10. The normalized spacial score (nSPS) is 20.4. The molecule has 2 aliphatic rings. The summed E-state index contributed by atoms with van der Waals surface area (Å²) in [5, 5.41) is 23.8. The van der Waals surface area contributed by atoms with E-state index in [1.54, 1.807) is 0 Å². The quantitative estimate of drug-likeness (QED) is 0.105. The number of hydrogen-bond acceptors (Lipinski definition) is 11. The van der Waals surface area contributed by atoms with E-state index in [0.717, 1.165) is 4.90 Å². The standard InChI is InChI=1S/C20H22N4O10S/c1-9(6-13(26)22-31)34-23-14(12-4-3-5-32-12)17(27)21-15-18(28)24-16(20(29)30)11(7-33-10(2)25)8-35-19(15)24/h3-5,9,15,19,31H,6-8H2,1-2H3,(H,21,27)(H,22,26)(H,29,30)/t9?,15-,19-/m1/s1. The summed E-state index contributed by atoms with van der Waals surface area (Å²) < 4.78 is 10.1. The van der Waals surface area contributed by atoms with Crippen molar-refractivity contribution < 1.29 is 48.3 Å². The topological polar surface area (TPSA) is 197 Å². The maximum atomic E-state index is 12.9. The maximum absolute atomic E-state index is 12.9. The number of β-lactam (4-membered cyclic amide) rings is 1. The van der Waals surface area contributed by atoms with E-state index in [-0.39, 0.29) is 41.5 Å². The number of carbonyl (C=O) groups is 5. The van der Waals surface area contributed by atoms with Gasteiger partial charge in [0.05, 0.1) is 12.7 Å². The Morgan fingerprint density at radius 3 is 2.71 bits per heavy atom. The molecule has 0 spiro atoms. The number of aliphatic carboxylic acids is 1. The van der Waals surface area contributed by atoms with Crippen LogP contribution in [0, 0.1) is 0 Å². The Labute approximate surface area is 202 Å². The number of amides is 3. The molecule has 1 unspecified atom stereocenters. The van der Waals surface area contributed by atoms with Crippen molar-refractivity contribution in [2.45, 2.75) is 37.8 Å². The first-order valence-corrected chi connectivity index (χ1v) is 11.2. The molecule has 0 aromatic carbocycles. The molecule has 35 heavy (non-hydrogen) atoms. The Hall–Kier alpha value is -3.85. The number of furan rings is 1. The smallest absolute Gasteiger partial charge is 0.352 e. The van der Waals surface area contributed by atoms with Crippen molar-refractivity contribution in [3.05, 3.63) is 35.4 Å². The van der Waals surface area contributed by atoms with Crippen LogP contribution in [-0.2, 0) is 33.5 Å². The third kappa shape index (κ3) is 5.81. The summed E-state index contributed by atoms with van der Waals surface area (Å²) in [5.74, 6) is -3.97. The van der Waals surface area contributed by atoms with Gasteiger partial charge in [-0.05, 0) is 19.1 Å². The number of ether oxygens (including phenoxy) is 1. The van der Waals surface area contributed by atoms with Crippen LogP contribution in [0.3, 0.4) is 0 Å². The summed E-state index contributed by atoms with van der Waals surface area (Å²) in [6.45, 7) is 2.40. The molecule has 4 N–H and O–H groups in total. The van der Waals surface area contributed by atoms with E-state index >= 15 is 0 Å². The van der Waals surface area contributed by atoms with E-state index in [2.05, 4.69) is 10.5 Å². The highest BCUT2D eigenvalue weighted by Gasteiger charge is 2.54. The summed E-state index contributed by atoms with van der Waals surface area (Å²) in [6, 6.07) is 1.88. The summed E-state index contributed by atoms with van der Waals surface area (Å²) in [7, 11) is 0. The van der Waals surface area contributed by atoms with Gasteiger partial charge in [-0.1, -0.05) is 5.16 Å². The second-order valence-corrected chi connectivity index (χ2v) is 8.58.